The Morgan fingerprint density at radius 2 is 1.72 bits per heavy atom. The number of esters is 1. The molecule has 1 aromatic rings. The zero-order chi connectivity index (χ0) is 13.8. The van der Waals surface area contributed by atoms with Crippen molar-refractivity contribution in [3.63, 3.8) is 0 Å². The van der Waals surface area contributed by atoms with Crippen LogP contribution in [0.1, 0.15) is 20.8 Å². The first kappa shape index (κ1) is 13.9. The van der Waals surface area contributed by atoms with Gasteiger partial charge in [0.05, 0.1) is 5.69 Å². The summed E-state index contributed by atoms with van der Waals surface area (Å²) in [4.78, 5) is 34.4. The lowest BCUT2D eigenvalue weighted by Gasteiger charge is -2.18. The smallest absolute Gasteiger partial charge is 0.397 e. The third-order valence-electron chi connectivity index (χ3n) is 1.83. The van der Waals surface area contributed by atoms with E-state index in [0.717, 1.165) is 0 Å². The molecule has 96 valence electrons. The molecule has 0 aliphatic carbocycles. The van der Waals surface area contributed by atoms with Crippen LogP contribution in [0.25, 0.3) is 0 Å². The highest BCUT2D eigenvalue weighted by molar-refractivity contribution is 6.37. The second-order valence-electron chi connectivity index (χ2n) is 4.64. The van der Waals surface area contributed by atoms with Crippen molar-refractivity contribution < 1.29 is 14.3 Å². The lowest BCUT2D eigenvalue weighted by molar-refractivity contribution is -0.161. The summed E-state index contributed by atoms with van der Waals surface area (Å²) in [5.41, 5.74) is -1.09. The minimum absolute atomic E-state index is 0.0378. The van der Waals surface area contributed by atoms with Crippen LogP contribution < -0.4 is 10.7 Å². The van der Waals surface area contributed by atoms with Crippen LogP contribution in [0.2, 0.25) is 0 Å². The number of carbonyl (C=O) groups excluding carboxylic acids is 2. The molecule has 0 bridgehead atoms. The first-order valence-electron chi connectivity index (χ1n) is 5.43. The predicted molar refractivity (Wildman–Crippen MR) is 67.2 cm³/mol. The number of nitrogens with one attached hydrogen (secondary N) is 1. The first-order chi connectivity index (χ1) is 8.29. The molecule has 0 saturated heterocycles. The van der Waals surface area contributed by atoms with Gasteiger partial charge in [0.25, 0.3) is 0 Å². The fourth-order valence-corrected chi connectivity index (χ4v) is 1.13. The molecule has 0 atom stereocenters. The van der Waals surface area contributed by atoms with Gasteiger partial charge in [-0.1, -0.05) is 18.2 Å². The summed E-state index contributed by atoms with van der Waals surface area (Å²) in [6.07, 6.45) is 0. The van der Waals surface area contributed by atoms with Gasteiger partial charge >= 0.3 is 11.9 Å². The lowest BCUT2D eigenvalue weighted by atomic mass is 10.2. The molecule has 0 saturated carbocycles. The highest BCUT2D eigenvalue weighted by Crippen LogP contribution is 2.07. The number of anilines is 1. The molecule has 5 nitrogen and oxygen atoms in total. The molecular formula is C13H15NO4. The van der Waals surface area contributed by atoms with Crippen LogP contribution in [0.4, 0.5) is 5.69 Å². The second-order valence-corrected chi connectivity index (χ2v) is 4.64. The maximum atomic E-state index is 11.5. The largest absolute Gasteiger partial charge is 0.453 e. The van der Waals surface area contributed by atoms with Crippen molar-refractivity contribution in [2.75, 3.05) is 5.32 Å². The summed E-state index contributed by atoms with van der Waals surface area (Å²) in [5.74, 6) is -1.98. The van der Waals surface area contributed by atoms with Crippen LogP contribution in [0.5, 0.6) is 0 Å². The van der Waals surface area contributed by atoms with Gasteiger partial charge in [0.1, 0.15) is 5.60 Å². The van der Waals surface area contributed by atoms with E-state index in [0.29, 0.717) is 0 Å². The molecule has 5 heteroatoms. The summed E-state index contributed by atoms with van der Waals surface area (Å²) in [5, 5.41) is 2.23. The van der Waals surface area contributed by atoms with Crippen LogP contribution in [0.3, 0.4) is 0 Å². The minimum Gasteiger partial charge on any atom is -0.453 e. The van der Waals surface area contributed by atoms with Gasteiger partial charge in [-0.25, -0.2) is 4.79 Å². The van der Waals surface area contributed by atoms with Crippen LogP contribution >= 0.6 is 0 Å². The SMILES string of the molecule is CC(C)(C)OC(=O)C(=O)Nc1cccccc1=O. The monoisotopic (exact) mass is 249 g/mol. The summed E-state index contributed by atoms with van der Waals surface area (Å²) >= 11 is 0. The minimum atomic E-state index is -1.02. The molecule has 0 aliphatic heterocycles. The van der Waals surface area contributed by atoms with Crippen LogP contribution in [-0.2, 0) is 14.3 Å². The van der Waals surface area contributed by atoms with Gasteiger partial charge in [-0.15, -0.1) is 0 Å². The van der Waals surface area contributed by atoms with E-state index in [1.54, 1.807) is 39.0 Å². The summed E-state index contributed by atoms with van der Waals surface area (Å²) in [6.45, 7) is 4.96. The number of hydrogen-bond donors (Lipinski definition) is 1. The van der Waals surface area contributed by atoms with Crippen molar-refractivity contribution in [3.05, 3.63) is 40.6 Å². The maximum absolute atomic E-state index is 11.5. The Balaban J connectivity index is 2.80. The van der Waals surface area contributed by atoms with Gasteiger partial charge in [0.15, 0.2) is 0 Å². The van der Waals surface area contributed by atoms with Gasteiger partial charge in [-0.2, -0.15) is 0 Å². The summed E-state index contributed by atoms with van der Waals surface area (Å²) in [6, 6.07) is 7.50. The summed E-state index contributed by atoms with van der Waals surface area (Å²) < 4.78 is 4.88. The highest BCUT2D eigenvalue weighted by Gasteiger charge is 2.23. The van der Waals surface area contributed by atoms with Crippen LogP contribution in [0, 0.1) is 0 Å². The molecule has 0 fully saturated rings. The number of hydrogen-bond acceptors (Lipinski definition) is 4. The van der Waals surface area contributed by atoms with Gasteiger partial charge < -0.3 is 10.1 Å². The highest BCUT2D eigenvalue weighted by atomic mass is 16.6. The predicted octanol–water partition coefficient (Wildman–Crippen LogP) is 1.33. The number of ether oxygens (including phenoxy) is 1. The number of carbonyl (C=O) groups is 2. The third kappa shape index (κ3) is 4.37. The molecule has 18 heavy (non-hydrogen) atoms. The van der Waals surface area contributed by atoms with Crippen molar-refractivity contribution in [2.24, 2.45) is 0 Å². The molecule has 1 aromatic carbocycles. The fraction of sp³-hybridized carbons (Fsp3) is 0.308. The van der Waals surface area contributed by atoms with Gasteiger partial charge in [-0.05, 0) is 32.9 Å². The average molecular weight is 249 g/mol. The fourth-order valence-electron chi connectivity index (χ4n) is 1.13. The van der Waals surface area contributed by atoms with E-state index in [4.69, 9.17) is 4.74 Å². The molecule has 0 aliphatic rings. The lowest BCUT2D eigenvalue weighted by Crippen LogP contribution is -2.33. The van der Waals surface area contributed by atoms with E-state index in [1.807, 2.05) is 0 Å². The van der Waals surface area contributed by atoms with E-state index in [1.165, 1.54) is 12.1 Å². The Morgan fingerprint density at radius 3 is 2.33 bits per heavy atom. The molecule has 0 aromatic heterocycles. The molecular weight excluding hydrogens is 234 g/mol. The van der Waals surface area contributed by atoms with Crippen LogP contribution in [0.15, 0.2) is 35.1 Å². The van der Waals surface area contributed by atoms with Gasteiger partial charge in [0.2, 0.25) is 5.43 Å². The maximum Gasteiger partial charge on any atom is 0.397 e. The van der Waals surface area contributed by atoms with E-state index in [9.17, 15) is 14.4 Å². The number of rotatable bonds is 1. The molecule has 1 N–H and O–H groups in total. The van der Waals surface area contributed by atoms with Crippen molar-refractivity contribution >= 4 is 17.6 Å². The number of amides is 1. The molecule has 1 amide bonds. The van der Waals surface area contributed by atoms with E-state index in [-0.39, 0.29) is 11.1 Å². The molecule has 0 radical (unpaired) electrons. The Kier molecular flexibility index (Phi) is 4.20. The van der Waals surface area contributed by atoms with E-state index >= 15 is 0 Å². The van der Waals surface area contributed by atoms with E-state index < -0.39 is 17.5 Å². The summed E-state index contributed by atoms with van der Waals surface area (Å²) in [7, 11) is 0. The zero-order valence-corrected chi connectivity index (χ0v) is 10.5. The normalized spacial score (nSPS) is 10.6. The second kappa shape index (κ2) is 5.44. The van der Waals surface area contributed by atoms with Crippen LogP contribution in [-0.4, -0.2) is 17.5 Å². The first-order valence-corrected chi connectivity index (χ1v) is 5.43. The Labute approximate surface area is 105 Å². The molecule has 0 spiro atoms. The van der Waals surface area contributed by atoms with Crippen molar-refractivity contribution in [3.8, 4) is 0 Å². The van der Waals surface area contributed by atoms with Gasteiger partial charge in [0, 0.05) is 0 Å². The Hall–Kier alpha value is -2.17. The zero-order valence-electron chi connectivity index (χ0n) is 10.5. The molecule has 0 heterocycles. The Bertz CT molecular complexity index is 517. The van der Waals surface area contributed by atoms with Crippen molar-refractivity contribution in [2.45, 2.75) is 26.4 Å². The standard InChI is InChI=1S/C13H15NO4/c1-13(2,3)18-12(17)11(16)14-9-7-5-4-6-8-10(9)15/h4-8H,1-3H3,(H,14,15,16). The third-order valence-corrected chi connectivity index (χ3v) is 1.83. The quantitative estimate of drug-likeness (QED) is 0.602. The molecule has 1 rings (SSSR count). The average Bonchev–Trinajstić information content (AvgIpc) is 2.42. The van der Waals surface area contributed by atoms with Crippen molar-refractivity contribution in [1.82, 2.24) is 0 Å². The molecule has 0 unspecified atom stereocenters. The topological polar surface area (TPSA) is 72.5 Å². The van der Waals surface area contributed by atoms with E-state index in [2.05, 4.69) is 5.32 Å². The Morgan fingerprint density at radius 1 is 1.11 bits per heavy atom. The van der Waals surface area contributed by atoms with Crippen molar-refractivity contribution in [1.29, 1.82) is 0 Å². The van der Waals surface area contributed by atoms with Gasteiger partial charge in [-0.3, -0.25) is 9.59 Å².